The molecule has 0 atom stereocenters. The average Bonchev–Trinajstić information content (AvgIpc) is 2.54. The lowest BCUT2D eigenvalue weighted by Crippen LogP contribution is -2.36. The zero-order valence-electron chi connectivity index (χ0n) is 11.7. The molecule has 0 aliphatic carbocycles. The molecule has 0 saturated carbocycles. The van der Waals surface area contributed by atoms with Crippen molar-refractivity contribution in [1.29, 1.82) is 0 Å². The van der Waals surface area contributed by atoms with Crippen molar-refractivity contribution in [3.63, 3.8) is 0 Å². The summed E-state index contributed by atoms with van der Waals surface area (Å²) in [6.07, 6.45) is 0. The molecule has 6 heteroatoms. The predicted octanol–water partition coefficient (Wildman–Crippen LogP) is 1.76. The fraction of sp³-hybridized carbons (Fsp3) is 0.200. The molecule has 3 rings (SSSR count). The second-order valence-corrected chi connectivity index (χ2v) is 7.17. The Morgan fingerprint density at radius 1 is 0.952 bits per heavy atom. The first-order valence-electron chi connectivity index (χ1n) is 6.77. The second kappa shape index (κ2) is 5.45. The van der Waals surface area contributed by atoms with E-state index in [1.165, 1.54) is 0 Å². The van der Waals surface area contributed by atoms with Crippen LogP contribution in [0.2, 0.25) is 6.82 Å². The fourth-order valence-electron chi connectivity index (χ4n) is 2.31. The smallest absolute Gasteiger partial charge is 0.327 e. The minimum Gasteiger partial charge on any atom is -0.486 e. The summed E-state index contributed by atoms with van der Waals surface area (Å²) in [5.74, 6) is 0.624. The van der Waals surface area contributed by atoms with E-state index in [0.29, 0.717) is 35.1 Å². The molecule has 0 bridgehead atoms. The van der Waals surface area contributed by atoms with Crippen LogP contribution in [0.1, 0.15) is 0 Å². The summed E-state index contributed by atoms with van der Waals surface area (Å²) in [6.45, 7) is 2.69. The highest BCUT2D eigenvalue weighted by atomic mass is 32.2. The molecule has 0 amide bonds. The first-order chi connectivity index (χ1) is 10.1. The molecule has 0 saturated heterocycles. The van der Waals surface area contributed by atoms with E-state index in [4.69, 9.17) is 9.47 Å². The molecular weight excluding hydrogens is 287 g/mol. The minimum atomic E-state index is -3.41. The van der Waals surface area contributed by atoms with Gasteiger partial charge in [0.15, 0.2) is 11.5 Å². The van der Waals surface area contributed by atoms with Crippen molar-refractivity contribution < 1.29 is 17.9 Å². The zero-order valence-corrected chi connectivity index (χ0v) is 12.5. The Morgan fingerprint density at radius 3 is 2.33 bits per heavy atom. The van der Waals surface area contributed by atoms with E-state index in [-0.39, 0.29) is 0 Å². The molecule has 1 aliphatic rings. The number of hydrogen-bond donors (Lipinski definition) is 0. The molecule has 0 spiro atoms. The van der Waals surface area contributed by atoms with Crippen LogP contribution in [0, 0.1) is 0 Å². The SMILES string of the molecule is CB(c1ccc2c(c1)OCCO2)S(=O)(=O)c1ccccc1. The van der Waals surface area contributed by atoms with E-state index in [0.717, 1.165) is 0 Å². The maximum absolute atomic E-state index is 12.6. The van der Waals surface area contributed by atoms with Gasteiger partial charge in [0.1, 0.15) is 22.9 Å². The Bertz CT molecular complexity index is 744. The Morgan fingerprint density at radius 2 is 1.62 bits per heavy atom. The highest BCUT2D eigenvalue weighted by Crippen LogP contribution is 2.28. The Labute approximate surface area is 124 Å². The molecule has 108 valence electrons. The molecule has 2 aromatic carbocycles. The molecule has 0 radical (unpaired) electrons. The lowest BCUT2D eigenvalue weighted by atomic mass is 9.71. The quantitative estimate of drug-likeness (QED) is 0.811. The van der Waals surface area contributed by atoms with Gasteiger partial charge in [0.25, 0.3) is 0 Å². The number of hydrogen-bond acceptors (Lipinski definition) is 4. The molecule has 2 aromatic rings. The van der Waals surface area contributed by atoms with Crippen LogP contribution in [0.4, 0.5) is 0 Å². The molecule has 1 aliphatic heterocycles. The third-order valence-electron chi connectivity index (χ3n) is 3.57. The summed E-state index contributed by atoms with van der Waals surface area (Å²) in [6, 6.07) is 13.8. The maximum atomic E-state index is 12.6. The number of ether oxygens (including phenoxy) is 2. The lowest BCUT2D eigenvalue weighted by molar-refractivity contribution is 0.172. The van der Waals surface area contributed by atoms with Crippen LogP contribution in [0.15, 0.2) is 53.4 Å². The van der Waals surface area contributed by atoms with Crippen LogP contribution < -0.4 is 14.9 Å². The van der Waals surface area contributed by atoms with Crippen molar-refractivity contribution >= 4 is 21.1 Å². The van der Waals surface area contributed by atoms with Gasteiger partial charge in [-0.15, -0.1) is 0 Å². The van der Waals surface area contributed by atoms with Crippen molar-refractivity contribution in [1.82, 2.24) is 0 Å². The van der Waals surface area contributed by atoms with Crippen LogP contribution in [0.5, 0.6) is 11.5 Å². The predicted molar refractivity (Wildman–Crippen MR) is 82.3 cm³/mol. The normalized spacial score (nSPS) is 13.8. The van der Waals surface area contributed by atoms with E-state index in [1.807, 2.05) is 0 Å². The van der Waals surface area contributed by atoms with E-state index < -0.39 is 15.7 Å². The van der Waals surface area contributed by atoms with Crippen molar-refractivity contribution in [3.05, 3.63) is 48.5 Å². The van der Waals surface area contributed by atoms with Gasteiger partial charge in [-0.1, -0.05) is 36.6 Å². The third kappa shape index (κ3) is 2.63. The first kappa shape index (κ1) is 14.0. The highest BCUT2D eigenvalue weighted by molar-refractivity contribution is 8.19. The van der Waals surface area contributed by atoms with Gasteiger partial charge in [0.2, 0.25) is 0 Å². The van der Waals surface area contributed by atoms with Crippen LogP contribution in [-0.4, -0.2) is 27.6 Å². The Balaban J connectivity index is 1.97. The molecular formula is C15H15BO4S. The Hall–Kier alpha value is -1.95. The molecule has 0 aromatic heterocycles. The summed E-state index contributed by atoms with van der Waals surface area (Å²) in [7, 11) is -3.41. The topological polar surface area (TPSA) is 52.6 Å². The highest BCUT2D eigenvalue weighted by Gasteiger charge is 2.30. The molecule has 4 nitrogen and oxygen atoms in total. The molecule has 0 unspecified atom stereocenters. The first-order valence-corrected chi connectivity index (χ1v) is 8.32. The molecule has 1 heterocycles. The second-order valence-electron chi connectivity index (χ2n) is 4.90. The van der Waals surface area contributed by atoms with E-state index in [9.17, 15) is 8.42 Å². The summed E-state index contributed by atoms with van der Waals surface area (Å²) in [5.41, 5.74) is 0.697. The fourth-order valence-corrected chi connectivity index (χ4v) is 3.76. The van der Waals surface area contributed by atoms with Gasteiger partial charge in [-0.2, -0.15) is 0 Å². The van der Waals surface area contributed by atoms with Crippen molar-refractivity contribution in [3.8, 4) is 11.5 Å². The number of benzene rings is 2. The van der Waals surface area contributed by atoms with Gasteiger partial charge in [-0.3, -0.25) is 0 Å². The number of rotatable bonds is 3. The van der Waals surface area contributed by atoms with Gasteiger partial charge >= 0.3 is 5.99 Å². The number of fused-ring (bicyclic) bond motifs is 1. The summed E-state index contributed by atoms with van der Waals surface area (Å²) in [5, 5.41) is 0. The van der Waals surface area contributed by atoms with Crippen LogP contribution in [-0.2, 0) is 9.69 Å². The third-order valence-corrected chi connectivity index (χ3v) is 5.71. The molecule has 0 fully saturated rings. The summed E-state index contributed by atoms with van der Waals surface area (Å²) in [4.78, 5) is 0.326. The molecule has 0 N–H and O–H groups in total. The van der Waals surface area contributed by atoms with Crippen molar-refractivity contribution in [2.45, 2.75) is 11.7 Å². The lowest BCUT2D eigenvalue weighted by Gasteiger charge is -2.20. The average molecular weight is 302 g/mol. The van der Waals surface area contributed by atoms with Gasteiger partial charge in [-0.25, -0.2) is 8.42 Å². The van der Waals surface area contributed by atoms with Crippen LogP contribution >= 0.6 is 0 Å². The van der Waals surface area contributed by atoms with Crippen molar-refractivity contribution in [2.24, 2.45) is 0 Å². The van der Waals surface area contributed by atoms with E-state index >= 15 is 0 Å². The summed E-state index contributed by atoms with van der Waals surface area (Å²) >= 11 is 0. The Kier molecular flexibility index (Phi) is 3.63. The van der Waals surface area contributed by atoms with E-state index in [1.54, 1.807) is 55.4 Å². The van der Waals surface area contributed by atoms with Gasteiger partial charge in [-0.05, 0) is 24.3 Å². The largest absolute Gasteiger partial charge is 0.486 e. The minimum absolute atomic E-state index is 0.326. The van der Waals surface area contributed by atoms with Crippen LogP contribution in [0.25, 0.3) is 0 Å². The van der Waals surface area contributed by atoms with Crippen molar-refractivity contribution in [2.75, 3.05) is 13.2 Å². The molecule has 21 heavy (non-hydrogen) atoms. The van der Waals surface area contributed by atoms with E-state index in [2.05, 4.69) is 0 Å². The van der Waals surface area contributed by atoms with Crippen LogP contribution in [0.3, 0.4) is 0 Å². The van der Waals surface area contributed by atoms with Gasteiger partial charge in [0, 0.05) is 0 Å². The van der Waals surface area contributed by atoms with Gasteiger partial charge in [0.05, 0.1) is 4.90 Å². The summed E-state index contributed by atoms with van der Waals surface area (Å²) < 4.78 is 36.2. The zero-order chi connectivity index (χ0) is 14.9. The van der Waals surface area contributed by atoms with Gasteiger partial charge < -0.3 is 9.47 Å². The standard InChI is InChI=1S/C15H15BO4S/c1-16(21(17,18)13-5-3-2-4-6-13)12-7-8-14-15(11-12)20-10-9-19-14/h2-8,11H,9-10H2,1H3. The maximum Gasteiger partial charge on any atom is 0.327 e. The monoisotopic (exact) mass is 302 g/mol.